The Hall–Kier alpha value is -0.820. The molecule has 1 heteroatoms. The molecule has 0 saturated heterocycles. The molecule has 100 valence electrons. The highest BCUT2D eigenvalue weighted by molar-refractivity contribution is 5.33. The highest BCUT2D eigenvalue weighted by Gasteiger charge is 2.42. The zero-order chi connectivity index (χ0) is 13.6. The molecule has 1 aliphatic rings. The smallest absolute Gasteiger partial charge is 0.0899 e. The standard InChI is InChI=1S/C17H26O/c1-15(2,3)12-16(4,5)13-6-8-14(9-7-13)17(18)10-11-17/h6-9,18H,10-12H2,1-5H3. The average molecular weight is 246 g/mol. The maximum atomic E-state index is 10.1. The molecule has 1 N–H and O–H groups in total. The van der Waals surface area contributed by atoms with E-state index in [1.165, 1.54) is 5.56 Å². The molecular weight excluding hydrogens is 220 g/mol. The van der Waals surface area contributed by atoms with Gasteiger partial charge in [-0.15, -0.1) is 0 Å². The van der Waals surface area contributed by atoms with E-state index >= 15 is 0 Å². The topological polar surface area (TPSA) is 20.2 Å². The second-order valence-electron chi connectivity index (χ2n) is 7.73. The van der Waals surface area contributed by atoms with E-state index in [2.05, 4.69) is 58.9 Å². The van der Waals surface area contributed by atoms with E-state index in [-0.39, 0.29) is 5.41 Å². The Labute approximate surface area is 111 Å². The summed E-state index contributed by atoms with van der Waals surface area (Å²) in [4.78, 5) is 0. The molecule has 0 atom stereocenters. The van der Waals surface area contributed by atoms with Crippen molar-refractivity contribution in [1.29, 1.82) is 0 Å². The quantitative estimate of drug-likeness (QED) is 0.839. The molecule has 2 rings (SSSR count). The predicted octanol–water partition coefficient (Wildman–Crippen LogP) is 4.38. The summed E-state index contributed by atoms with van der Waals surface area (Å²) in [6, 6.07) is 8.59. The molecule has 18 heavy (non-hydrogen) atoms. The van der Waals surface area contributed by atoms with E-state index in [1.807, 2.05) is 0 Å². The first kappa shape index (κ1) is 13.6. The van der Waals surface area contributed by atoms with Gasteiger partial charge in [0.2, 0.25) is 0 Å². The maximum absolute atomic E-state index is 10.1. The van der Waals surface area contributed by atoms with Gasteiger partial charge in [0.15, 0.2) is 0 Å². The molecule has 0 heterocycles. The number of hydrogen-bond acceptors (Lipinski definition) is 1. The van der Waals surface area contributed by atoms with Crippen molar-refractivity contribution < 1.29 is 5.11 Å². The van der Waals surface area contributed by atoms with E-state index in [9.17, 15) is 5.11 Å². The van der Waals surface area contributed by atoms with Gasteiger partial charge in [-0.25, -0.2) is 0 Å². The zero-order valence-electron chi connectivity index (χ0n) is 12.4. The molecule has 1 fully saturated rings. The monoisotopic (exact) mass is 246 g/mol. The van der Waals surface area contributed by atoms with Gasteiger partial charge in [0.25, 0.3) is 0 Å². The Kier molecular flexibility index (Phi) is 3.09. The summed E-state index contributed by atoms with van der Waals surface area (Å²) >= 11 is 0. The molecule has 1 aromatic rings. The lowest BCUT2D eigenvalue weighted by atomic mass is 9.72. The first-order valence-corrected chi connectivity index (χ1v) is 6.96. The summed E-state index contributed by atoms with van der Waals surface area (Å²) in [5.74, 6) is 0. The molecule has 1 saturated carbocycles. The van der Waals surface area contributed by atoms with E-state index in [0.29, 0.717) is 5.41 Å². The average Bonchev–Trinajstić information content (AvgIpc) is 2.95. The molecule has 1 aliphatic carbocycles. The predicted molar refractivity (Wildman–Crippen MR) is 76.7 cm³/mol. The Morgan fingerprint density at radius 3 is 1.89 bits per heavy atom. The Morgan fingerprint density at radius 2 is 1.50 bits per heavy atom. The first-order chi connectivity index (χ1) is 8.12. The van der Waals surface area contributed by atoms with Gasteiger partial charge in [-0.05, 0) is 41.2 Å². The highest BCUT2D eigenvalue weighted by atomic mass is 16.3. The molecular formula is C17H26O. The van der Waals surface area contributed by atoms with Crippen molar-refractivity contribution in [3.63, 3.8) is 0 Å². The van der Waals surface area contributed by atoms with Gasteiger partial charge in [0.05, 0.1) is 5.60 Å². The van der Waals surface area contributed by atoms with Crippen molar-refractivity contribution in [3.05, 3.63) is 35.4 Å². The number of aliphatic hydroxyl groups is 1. The van der Waals surface area contributed by atoms with Crippen molar-refractivity contribution in [2.45, 2.75) is 64.9 Å². The van der Waals surface area contributed by atoms with Gasteiger partial charge in [-0.2, -0.15) is 0 Å². The molecule has 0 radical (unpaired) electrons. The van der Waals surface area contributed by atoms with E-state index in [0.717, 1.165) is 24.8 Å². The summed E-state index contributed by atoms with van der Waals surface area (Å²) in [5.41, 5.74) is 2.45. The lowest BCUT2D eigenvalue weighted by Gasteiger charge is -2.33. The normalized spacial score (nSPS) is 18.8. The van der Waals surface area contributed by atoms with Crippen LogP contribution in [0, 0.1) is 5.41 Å². The van der Waals surface area contributed by atoms with Crippen LogP contribution in [0.3, 0.4) is 0 Å². The summed E-state index contributed by atoms with van der Waals surface area (Å²) in [7, 11) is 0. The third-order valence-corrected chi connectivity index (χ3v) is 3.90. The van der Waals surface area contributed by atoms with Gasteiger partial charge in [0.1, 0.15) is 0 Å². The zero-order valence-corrected chi connectivity index (χ0v) is 12.4. The summed E-state index contributed by atoms with van der Waals surface area (Å²) < 4.78 is 0. The molecule has 0 amide bonds. The third-order valence-electron chi connectivity index (χ3n) is 3.90. The van der Waals surface area contributed by atoms with Crippen LogP contribution >= 0.6 is 0 Å². The number of rotatable bonds is 3. The first-order valence-electron chi connectivity index (χ1n) is 6.96. The third kappa shape index (κ3) is 2.95. The van der Waals surface area contributed by atoms with Crippen LogP contribution in [0.25, 0.3) is 0 Å². The lowest BCUT2D eigenvalue weighted by molar-refractivity contribution is 0.151. The fourth-order valence-corrected chi connectivity index (χ4v) is 3.07. The van der Waals surface area contributed by atoms with Crippen molar-refractivity contribution in [2.24, 2.45) is 5.41 Å². The molecule has 0 unspecified atom stereocenters. The van der Waals surface area contributed by atoms with Crippen molar-refractivity contribution in [1.82, 2.24) is 0 Å². The maximum Gasteiger partial charge on any atom is 0.0899 e. The number of hydrogen-bond donors (Lipinski definition) is 1. The second kappa shape index (κ2) is 4.09. The minimum absolute atomic E-state index is 0.183. The van der Waals surface area contributed by atoms with Crippen LogP contribution in [0.1, 0.15) is 65.0 Å². The summed E-state index contributed by atoms with van der Waals surface area (Å²) in [5, 5.41) is 10.1. The molecule has 0 spiro atoms. The van der Waals surface area contributed by atoms with Crippen LogP contribution in [0.5, 0.6) is 0 Å². The number of benzene rings is 1. The lowest BCUT2D eigenvalue weighted by Crippen LogP contribution is -2.24. The van der Waals surface area contributed by atoms with E-state index in [4.69, 9.17) is 0 Å². The SMILES string of the molecule is CC(C)(C)CC(C)(C)c1ccc(C2(O)CC2)cc1. The molecule has 1 aromatic carbocycles. The van der Waals surface area contributed by atoms with Gasteiger partial charge in [0, 0.05) is 0 Å². The Bertz CT molecular complexity index is 416. The van der Waals surface area contributed by atoms with E-state index < -0.39 is 5.60 Å². The summed E-state index contributed by atoms with van der Waals surface area (Å²) in [6.45, 7) is 11.5. The Morgan fingerprint density at radius 1 is 1.00 bits per heavy atom. The fourth-order valence-electron chi connectivity index (χ4n) is 3.07. The van der Waals surface area contributed by atoms with Crippen molar-refractivity contribution in [3.8, 4) is 0 Å². The molecule has 0 aromatic heterocycles. The van der Waals surface area contributed by atoms with Crippen LogP contribution in [0.15, 0.2) is 24.3 Å². The van der Waals surface area contributed by atoms with Gasteiger partial charge in [-0.3, -0.25) is 0 Å². The Balaban J connectivity index is 2.18. The van der Waals surface area contributed by atoms with Crippen LogP contribution in [0.2, 0.25) is 0 Å². The van der Waals surface area contributed by atoms with Crippen LogP contribution in [-0.4, -0.2) is 5.11 Å². The summed E-state index contributed by atoms with van der Waals surface area (Å²) in [6.07, 6.45) is 2.99. The van der Waals surface area contributed by atoms with Crippen molar-refractivity contribution in [2.75, 3.05) is 0 Å². The van der Waals surface area contributed by atoms with Crippen LogP contribution < -0.4 is 0 Å². The largest absolute Gasteiger partial charge is 0.385 e. The minimum atomic E-state index is -0.507. The highest BCUT2D eigenvalue weighted by Crippen LogP contribution is 2.45. The molecule has 0 bridgehead atoms. The van der Waals surface area contributed by atoms with Crippen molar-refractivity contribution >= 4 is 0 Å². The second-order valence-corrected chi connectivity index (χ2v) is 7.73. The fraction of sp³-hybridized carbons (Fsp3) is 0.647. The molecule has 0 aliphatic heterocycles. The van der Waals surface area contributed by atoms with Gasteiger partial charge >= 0.3 is 0 Å². The van der Waals surface area contributed by atoms with E-state index in [1.54, 1.807) is 0 Å². The van der Waals surface area contributed by atoms with Gasteiger partial charge in [-0.1, -0.05) is 58.9 Å². The minimum Gasteiger partial charge on any atom is -0.385 e. The van der Waals surface area contributed by atoms with Crippen LogP contribution in [0.4, 0.5) is 0 Å². The van der Waals surface area contributed by atoms with Gasteiger partial charge < -0.3 is 5.11 Å². The van der Waals surface area contributed by atoms with Crippen LogP contribution in [-0.2, 0) is 11.0 Å². The molecule has 1 nitrogen and oxygen atoms in total.